The Bertz CT molecular complexity index is 580. The first-order valence-electron chi connectivity index (χ1n) is 10.2. The highest BCUT2D eigenvalue weighted by molar-refractivity contribution is 5.75. The zero-order valence-electron chi connectivity index (χ0n) is 16.4. The molecule has 0 amide bonds. The van der Waals surface area contributed by atoms with Gasteiger partial charge in [-0.05, 0) is 106 Å². The van der Waals surface area contributed by atoms with Gasteiger partial charge in [0.2, 0.25) is 0 Å². The van der Waals surface area contributed by atoms with E-state index in [4.69, 9.17) is 4.74 Å². The van der Waals surface area contributed by atoms with Crippen LogP contribution in [-0.2, 0) is 4.79 Å². The van der Waals surface area contributed by atoms with Gasteiger partial charge in [-0.1, -0.05) is 19.8 Å². The maximum Gasteiger partial charge on any atom is 0.314 e. The van der Waals surface area contributed by atoms with Crippen molar-refractivity contribution in [2.24, 2.45) is 23.7 Å². The molecule has 0 atom stereocenters. The van der Waals surface area contributed by atoms with Crippen LogP contribution in [0.5, 0.6) is 5.75 Å². The van der Waals surface area contributed by atoms with E-state index in [1.165, 1.54) is 55.2 Å². The SMILES string of the molecule is Cc1cc(OC(=O)C2CCC(C3CCC(C)CC3)CC2)cc(C)c1C. The fraction of sp³-hybridized carbons (Fsp3) is 0.696. The number of rotatable bonds is 3. The minimum absolute atomic E-state index is 0.0154. The predicted octanol–water partition coefficient (Wildman–Crippen LogP) is 6.15. The van der Waals surface area contributed by atoms with Gasteiger partial charge in [-0.2, -0.15) is 0 Å². The highest BCUT2D eigenvalue weighted by Crippen LogP contribution is 2.41. The third-order valence-corrected chi connectivity index (χ3v) is 6.95. The van der Waals surface area contributed by atoms with Crippen LogP contribution < -0.4 is 4.74 Å². The number of ether oxygens (including phenoxy) is 1. The van der Waals surface area contributed by atoms with Gasteiger partial charge < -0.3 is 4.74 Å². The van der Waals surface area contributed by atoms with Gasteiger partial charge in [0.15, 0.2) is 0 Å². The van der Waals surface area contributed by atoms with Crippen LogP contribution >= 0.6 is 0 Å². The summed E-state index contributed by atoms with van der Waals surface area (Å²) < 4.78 is 5.73. The topological polar surface area (TPSA) is 26.3 Å². The minimum Gasteiger partial charge on any atom is -0.426 e. The molecule has 1 aromatic rings. The Labute approximate surface area is 153 Å². The Hall–Kier alpha value is -1.31. The van der Waals surface area contributed by atoms with Crippen molar-refractivity contribution in [2.45, 2.75) is 79.1 Å². The lowest BCUT2D eigenvalue weighted by Gasteiger charge is -2.36. The lowest BCUT2D eigenvalue weighted by molar-refractivity contribution is -0.140. The van der Waals surface area contributed by atoms with Gasteiger partial charge in [-0.15, -0.1) is 0 Å². The fourth-order valence-electron chi connectivity index (χ4n) is 4.84. The van der Waals surface area contributed by atoms with E-state index in [0.717, 1.165) is 30.6 Å². The smallest absolute Gasteiger partial charge is 0.314 e. The molecule has 2 aliphatic rings. The summed E-state index contributed by atoms with van der Waals surface area (Å²) in [5.41, 5.74) is 3.66. The van der Waals surface area contributed by atoms with Crippen LogP contribution in [0.1, 0.15) is 75.0 Å². The largest absolute Gasteiger partial charge is 0.426 e. The molecule has 1 aromatic carbocycles. The van der Waals surface area contributed by atoms with Gasteiger partial charge in [0.05, 0.1) is 5.92 Å². The molecule has 0 spiro atoms. The first-order valence-corrected chi connectivity index (χ1v) is 10.2. The molecule has 0 unspecified atom stereocenters. The molecular weight excluding hydrogens is 308 g/mol. The van der Waals surface area contributed by atoms with Crippen LogP contribution in [0.4, 0.5) is 0 Å². The molecule has 2 saturated carbocycles. The molecular formula is C23H34O2. The van der Waals surface area contributed by atoms with Gasteiger partial charge in [-0.25, -0.2) is 0 Å². The van der Waals surface area contributed by atoms with E-state index in [-0.39, 0.29) is 11.9 Å². The molecule has 2 aliphatic carbocycles. The van der Waals surface area contributed by atoms with Crippen molar-refractivity contribution >= 4 is 5.97 Å². The monoisotopic (exact) mass is 342 g/mol. The first-order chi connectivity index (χ1) is 11.9. The van der Waals surface area contributed by atoms with Crippen LogP contribution in [0.25, 0.3) is 0 Å². The number of benzene rings is 1. The third-order valence-electron chi connectivity index (χ3n) is 6.95. The lowest BCUT2D eigenvalue weighted by Crippen LogP contribution is -2.29. The van der Waals surface area contributed by atoms with Crippen LogP contribution in [0.15, 0.2) is 12.1 Å². The molecule has 0 N–H and O–H groups in total. The number of esters is 1. The predicted molar refractivity (Wildman–Crippen MR) is 103 cm³/mol. The van der Waals surface area contributed by atoms with Crippen LogP contribution in [0, 0.1) is 44.4 Å². The summed E-state index contributed by atoms with van der Waals surface area (Å²) in [4.78, 5) is 12.6. The van der Waals surface area contributed by atoms with Crippen molar-refractivity contribution in [2.75, 3.05) is 0 Å². The van der Waals surface area contributed by atoms with Crippen molar-refractivity contribution in [3.8, 4) is 5.75 Å². The maximum atomic E-state index is 12.6. The molecule has 2 heteroatoms. The molecule has 2 fully saturated rings. The quantitative estimate of drug-likeness (QED) is 0.486. The van der Waals surface area contributed by atoms with Crippen LogP contribution in [-0.4, -0.2) is 5.97 Å². The zero-order valence-corrected chi connectivity index (χ0v) is 16.4. The molecule has 0 saturated heterocycles. The Morgan fingerprint density at radius 2 is 1.32 bits per heavy atom. The second kappa shape index (κ2) is 7.93. The average molecular weight is 343 g/mol. The van der Waals surface area contributed by atoms with Gasteiger partial charge in [0.25, 0.3) is 0 Å². The molecule has 0 radical (unpaired) electrons. The number of aryl methyl sites for hydroxylation is 2. The summed E-state index contributed by atoms with van der Waals surface area (Å²) in [6.45, 7) is 8.66. The van der Waals surface area contributed by atoms with Crippen molar-refractivity contribution in [3.63, 3.8) is 0 Å². The average Bonchev–Trinajstić information content (AvgIpc) is 2.60. The molecule has 3 rings (SSSR count). The molecule has 0 aromatic heterocycles. The number of carbonyl (C=O) groups is 1. The number of hydrogen-bond donors (Lipinski definition) is 0. The van der Waals surface area contributed by atoms with E-state index < -0.39 is 0 Å². The van der Waals surface area contributed by atoms with Crippen molar-refractivity contribution in [1.82, 2.24) is 0 Å². The van der Waals surface area contributed by atoms with E-state index >= 15 is 0 Å². The van der Waals surface area contributed by atoms with Crippen LogP contribution in [0.3, 0.4) is 0 Å². The summed E-state index contributed by atoms with van der Waals surface area (Å²) in [7, 11) is 0. The van der Waals surface area contributed by atoms with Gasteiger partial charge in [-0.3, -0.25) is 4.79 Å². The number of carbonyl (C=O) groups excluding carboxylic acids is 1. The fourth-order valence-corrected chi connectivity index (χ4v) is 4.84. The Kier molecular flexibility index (Phi) is 5.86. The Morgan fingerprint density at radius 1 is 0.840 bits per heavy atom. The highest BCUT2D eigenvalue weighted by Gasteiger charge is 2.33. The van der Waals surface area contributed by atoms with Crippen molar-refractivity contribution < 1.29 is 9.53 Å². The Balaban J connectivity index is 1.52. The summed E-state index contributed by atoms with van der Waals surface area (Å²) in [5.74, 6) is 3.48. The highest BCUT2D eigenvalue weighted by atomic mass is 16.5. The molecule has 0 bridgehead atoms. The van der Waals surface area contributed by atoms with Crippen molar-refractivity contribution in [3.05, 3.63) is 28.8 Å². The van der Waals surface area contributed by atoms with E-state index in [0.29, 0.717) is 5.75 Å². The lowest BCUT2D eigenvalue weighted by atomic mass is 9.69. The minimum atomic E-state index is -0.0154. The van der Waals surface area contributed by atoms with E-state index in [9.17, 15) is 4.79 Å². The molecule has 0 aliphatic heterocycles. The van der Waals surface area contributed by atoms with Crippen LogP contribution in [0.2, 0.25) is 0 Å². The molecule has 2 nitrogen and oxygen atoms in total. The summed E-state index contributed by atoms with van der Waals surface area (Å²) in [6.07, 6.45) is 10.1. The summed E-state index contributed by atoms with van der Waals surface area (Å²) in [5, 5.41) is 0. The molecule has 25 heavy (non-hydrogen) atoms. The Morgan fingerprint density at radius 3 is 1.84 bits per heavy atom. The van der Waals surface area contributed by atoms with Crippen molar-refractivity contribution in [1.29, 1.82) is 0 Å². The molecule has 138 valence electrons. The van der Waals surface area contributed by atoms with E-state index in [1.807, 2.05) is 12.1 Å². The third kappa shape index (κ3) is 4.46. The zero-order chi connectivity index (χ0) is 18.0. The van der Waals surface area contributed by atoms with E-state index in [1.54, 1.807) is 0 Å². The number of hydrogen-bond acceptors (Lipinski definition) is 2. The molecule has 0 heterocycles. The summed E-state index contributed by atoms with van der Waals surface area (Å²) in [6, 6.07) is 3.99. The maximum absolute atomic E-state index is 12.6. The summed E-state index contributed by atoms with van der Waals surface area (Å²) >= 11 is 0. The second-order valence-corrected chi connectivity index (χ2v) is 8.73. The van der Waals surface area contributed by atoms with Gasteiger partial charge in [0.1, 0.15) is 5.75 Å². The van der Waals surface area contributed by atoms with Gasteiger partial charge >= 0.3 is 5.97 Å². The first kappa shape index (κ1) is 18.5. The standard InChI is InChI=1S/C23H34O2/c1-15-5-7-19(8-6-15)20-9-11-21(12-10-20)23(24)25-22-13-16(2)18(4)17(3)14-22/h13-15,19-21H,5-12H2,1-4H3. The van der Waals surface area contributed by atoms with E-state index in [2.05, 4.69) is 27.7 Å². The second-order valence-electron chi connectivity index (χ2n) is 8.73. The normalized spacial score (nSPS) is 30.1. The van der Waals surface area contributed by atoms with Gasteiger partial charge in [0, 0.05) is 0 Å².